The number of rotatable bonds is 24. The molecule has 1 heterocycles. The lowest BCUT2D eigenvalue weighted by Gasteiger charge is -2.27. The standard InChI is InChI=1S/C45H65N3O6/c1-32(2)27-39(46-43(52)36(19-18-34-13-8-6-9-14-34)30-38(49)17-12-22-48-23-25-54-26-24-48)41(50)31-37(29-35-15-10-7-11-16-35)44(53)47-40(28-33(3)4)42(51)45(5)20-21-45/h6-11,13-16,32-33,36-37,39-40H,12,17-31H2,1-5H3,(H,46,52)(H,47,53)/t36-,37-,39+,40+/m1/s1. The summed E-state index contributed by atoms with van der Waals surface area (Å²) in [5.74, 6) is -1.71. The third kappa shape index (κ3) is 14.5. The topological polar surface area (TPSA) is 122 Å². The van der Waals surface area contributed by atoms with Crippen molar-refractivity contribution in [2.45, 2.75) is 117 Å². The van der Waals surface area contributed by atoms with Crippen molar-refractivity contribution in [2.24, 2.45) is 29.1 Å². The van der Waals surface area contributed by atoms with E-state index in [1.807, 2.05) is 95.3 Å². The summed E-state index contributed by atoms with van der Waals surface area (Å²) < 4.78 is 5.44. The average Bonchev–Trinajstić information content (AvgIpc) is 3.91. The van der Waals surface area contributed by atoms with Gasteiger partial charge in [-0.1, -0.05) is 95.3 Å². The zero-order valence-corrected chi connectivity index (χ0v) is 33.4. The van der Waals surface area contributed by atoms with Crippen molar-refractivity contribution in [2.75, 3.05) is 32.8 Å². The summed E-state index contributed by atoms with van der Waals surface area (Å²) in [5.41, 5.74) is 1.61. The van der Waals surface area contributed by atoms with Crippen LogP contribution in [0.25, 0.3) is 0 Å². The number of ether oxygens (including phenoxy) is 1. The van der Waals surface area contributed by atoms with E-state index in [0.717, 1.165) is 50.0 Å². The zero-order chi connectivity index (χ0) is 39.1. The number of amides is 2. The fraction of sp³-hybridized carbons (Fsp3) is 0.622. The van der Waals surface area contributed by atoms with Gasteiger partial charge in [0.15, 0.2) is 11.6 Å². The van der Waals surface area contributed by atoms with E-state index in [9.17, 15) is 24.0 Å². The van der Waals surface area contributed by atoms with Crippen LogP contribution >= 0.6 is 0 Å². The van der Waals surface area contributed by atoms with Crippen molar-refractivity contribution >= 4 is 29.2 Å². The molecular weight excluding hydrogens is 679 g/mol. The highest BCUT2D eigenvalue weighted by Gasteiger charge is 2.48. The van der Waals surface area contributed by atoms with Gasteiger partial charge in [0.1, 0.15) is 5.78 Å². The predicted octanol–water partition coefficient (Wildman–Crippen LogP) is 6.56. The molecule has 0 aromatic heterocycles. The van der Waals surface area contributed by atoms with E-state index in [-0.39, 0.29) is 53.8 Å². The largest absolute Gasteiger partial charge is 0.379 e. The number of carbonyl (C=O) groups excluding carboxylic acids is 5. The van der Waals surface area contributed by atoms with Gasteiger partial charge in [-0.3, -0.25) is 28.9 Å². The molecule has 9 heteroatoms. The lowest BCUT2D eigenvalue weighted by Crippen LogP contribution is -2.49. The SMILES string of the molecule is CC(C)C[C@H](NC(=O)[C@H](CCc1ccccc1)CC(=O)CCCN1CCOCC1)C(=O)C[C@@H](Cc1ccccc1)C(=O)N[C@@H](CC(C)C)C(=O)C1(C)CC1. The van der Waals surface area contributed by atoms with Crippen LogP contribution in [0.5, 0.6) is 0 Å². The first-order valence-corrected chi connectivity index (χ1v) is 20.4. The normalized spacial score (nSPS) is 17.7. The van der Waals surface area contributed by atoms with Gasteiger partial charge in [-0.05, 0) is 80.9 Å². The van der Waals surface area contributed by atoms with Crippen LogP contribution < -0.4 is 10.6 Å². The maximum atomic E-state index is 14.3. The summed E-state index contributed by atoms with van der Waals surface area (Å²) >= 11 is 0. The molecule has 296 valence electrons. The Morgan fingerprint density at radius 2 is 1.30 bits per heavy atom. The first kappa shape index (κ1) is 43.0. The van der Waals surface area contributed by atoms with Crippen molar-refractivity contribution in [1.29, 1.82) is 0 Å². The Bertz CT molecular complexity index is 1500. The monoisotopic (exact) mass is 743 g/mol. The van der Waals surface area contributed by atoms with Gasteiger partial charge in [-0.2, -0.15) is 0 Å². The number of carbonyl (C=O) groups is 5. The molecule has 0 spiro atoms. The number of Topliss-reactive ketones (excluding diaryl/α,β-unsaturated/α-hetero) is 3. The number of nitrogens with one attached hydrogen (secondary N) is 2. The number of hydrogen-bond donors (Lipinski definition) is 2. The minimum absolute atomic E-state index is 0.0494. The molecule has 4 rings (SSSR count). The number of benzene rings is 2. The van der Waals surface area contributed by atoms with Gasteiger partial charge < -0.3 is 15.4 Å². The second-order valence-corrected chi connectivity index (χ2v) is 16.9. The highest BCUT2D eigenvalue weighted by Crippen LogP contribution is 2.47. The van der Waals surface area contributed by atoms with Crippen molar-refractivity contribution in [3.63, 3.8) is 0 Å². The molecule has 2 aromatic rings. The maximum Gasteiger partial charge on any atom is 0.224 e. The number of hydrogen-bond acceptors (Lipinski definition) is 7. The second-order valence-electron chi connectivity index (χ2n) is 16.9. The van der Waals surface area contributed by atoms with Crippen molar-refractivity contribution in [1.82, 2.24) is 15.5 Å². The van der Waals surface area contributed by atoms with Crippen LogP contribution in [-0.2, 0) is 41.6 Å². The molecule has 9 nitrogen and oxygen atoms in total. The van der Waals surface area contributed by atoms with Crippen LogP contribution in [0.1, 0.15) is 104 Å². The van der Waals surface area contributed by atoms with E-state index < -0.39 is 29.3 Å². The van der Waals surface area contributed by atoms with E-state index in [1.165, 1.54) is 0 Å². The van der Waals surface area contributed by atoms with E-state index in [0.29, 0.717) is 51.7 Å². The third-order valence-electron chi connectivity index (χ3n) is 11.0. The summed E-state index contributed by atoms with van der Waals surface area (Å²) in [7, 11) is 0. The Balaban J connectivity index is 1.48. The first-order chi connectivity index (χ1) is 25.8. The van der Waals surface area contributed by atoms with Gasteiger partial charge in [-0.15, -0.1) is 0 Å². The van der Waals surface area contributed by atoms with Crippen molar-refractivity contribution < 1.29 is 28.7 Å². The van der Waals surface area contributed by atoms with Crippen LogP contribution in [0.3, 0.4) is 0 Å². The molecule has 0 radical (unpaired) electrons. The Hall–Kier alpha value is -3.69. The molecule has 0 bridgehead atoms. The molecule has 2 fully saturated rings. The number of aryl methyl sites for hydroxylation is 1. The molecule has 1 saturated heterocycles. The average molecular weight is 744 g/mol. The first-order valence-electron chi connectivity index (χ1n) is 20.4. The zero-order valence-electron chi connectivity index (χ0n) is 33.4. The van der Waals surface area contributed by atoms with Gasteiger partial charge in [0.25, 0.3) is 0 Å². The van der Waals surface area contributed by atoms with Gasteiger partial charge in [0.05, 0.1) is 25.3 Å². The minimum atomic E-state index is -0.808. The molecule has 4 atom stereocenters. The molecule has 1 saturated carbocycles. The Morgan fingerprint density at radius 3 is 1.89 bits per heavy atom. The minimum Gasteiger partial charge on any atom is -0.379 e. The van der Waals surface area contributed by atoms with Gasteiger partial charge in [0.2, 0.25) is 11.8 Å². The van der Waals surface area contributed by atoms with E-state index in [2.05, 4.69) is 15.5 Å². The number of ketones is 3. The van der Waals surface area contributed by atoms with Crippen molar-refractivity contribution in [3.05, 3.63) is 71.8 Å². The Labute approximate surface area is 323 Å². The van der Waals surface area contributed by atoms with Gasteiger partial charge in [-0.25, -0.2) is 0 Å². The van der Waals surface area contributed by atoms with Crippen molar-refractivity contribution in [3.8, 4) is 0 Å². The van der Waals surface area contributed by atoms with Crippen LogP contribution in [0, 0.1) is 29.1 Å². The highest BCUT2D eigenvalue weighted by molar-refractivity contribution is 5.97. The van der Waals surface area contributed by atoms with Gasteiger partial charge in [0, 0.05) is 49.6 Å². The lowest BCUT2D eigenvalue weighted by atomic mass is 9.87. The number of nitrogens with zero attached hydrogens (tertiary/aromatic N) is 1. The van der Waals surface area contributed by atoms with Crippen LogP contribution in [-0.4, -0.2) is 79.0 Å². The van der Waals surface area contributed by atoms with Crippen LogP contribution in [0.4, 0.5) is 0 Å². The van der Waals surface area contributed by atoms with Crippen LogP contribution in [0.15, 0.2) is 60.7 Å². The van der Waals surface area contributed by atoms with Crippen LogP contribution in [0.2, 0.25) is 0 Å². The summed E-state index contributed by atoms with van der Waals surface area (Å²) in [6, 6.07) is 18.1. The van der Waals surface area contributed by atoms with E-state index >= 15 is 0 Å². The summed E-state index contributed by atoms with van der Waals surface area (Å²) in [5, 5.41) is 6.15. The Kier molecular flexibility index (Phi) is 17.1. The molecule has 2 N–H and O–H groups in total. The lowest BCUT2D eigenvalue weighted by molar-refractivity contribution is -0.135. The fourth-order valence-corrected chi connectivity index (χ4v) is 7.43. The highest BCUT2D eigenvalue weighted by atomic mass is 16.5. The molecule has 2 aliphatic rings. The third-order valence-corrected chi connectivity index (χ3v) is 11.0. The summed E-state index contributed by atoms with van der Waals surface area (Å²) in [6.07, 6.45) is 5.22. The molecular formula is C45H65N3O6. The molecule has 2 aromatic carbocycles. The second kappa shape index (κ2) is 21.4. The smallest absolute Gasteiger partial charge is 0.224 e. The molecule has 1 aliphatic carbocycles. The summed E-state index contributed by atoms with van der Waals surface area (Å²) in [4.78, 5) is 71.6. The number of morpholine rings is 1. The maximum absolute atomic E-state index is 14.3. The molecule has 2 amide bonds. The summed E-state index contributed by atoms with van der Waals surface area (Å²) in [6.45, 7) is 14.0. The molecule has 54 heavy (non-hydrogen) atoms. The van der Waals surface area contributed by atoms with E-state index in [4.69, 9.17) is 4.74 Å². The molecule has 1 aliphatic heterocycles. The Morgan fingerprint density at radius 1 is 0.741 bits per heavy atom. The van der Waals surface area contributed by atoms with E-state index in [1.54, 1.807) is 0 Å². The molecule has 0 unspecified atom stereocenters. The quantitative estimate of drug-likeness (QED) is 0.125. The van der Waals surface area contributed by atoms with Gasteiger partial charge >= 0.3 is 0 Å². The predicted molar refractivity (Wildman–Crippen MR) is 213 cm³/mol. The fourth-order valence-electron chi connectivity index (χ4n) is 7.43.